The molecule has 202 valence electrons. The van der Waals surface area contributed by atoms with E-state index >= 15 is 0 Å². The molecule has 0 aromatic heterocycles. The number of aliphatic hydroxyl groups excluding tert-OH is 1. The van der Waals surface area contributed by atoms with E-state index in [1.165, 1.54) is 23.3 Å². The maximum atomic E-state index is 12.9. The molecular formula is C26H36N4O6S. The number of nitrogens with one attached hydrogen (secondary N) is 2. The molecular weight excluding hydrogens is 496 g/mol. The highest BCUT2D eigenvalue weighted by atomic mass is 32.2. The number of carbonyl (C=O) groups is 3. The fraction of sp³-hybridized carbons (Fsp3) is 0.423. The summed E-state index contributed by atoms with van der Waals surface area (Å²) in [7, 11) is 0.357. The average molecular weight is 533 g/mol. The molecule has 37 heavy (non-hydrogen) atoms. The topological polar surface area (TPSA) is 162 Å². The third kappa shape index (κ3) is 10.3. The van der Waals surface area contributed by atoms with Crippen molar-refractivity contribution in [3.8, 4) is 5.75 Å². The summed E-state index contributed by atoms with van der Waals surface area (Å²) < 4.78 is 11.6. The van der Waals surface area contributed by atoms with Crippen LogP contribution in [0.5, 0.6) is 5.75 Å². The minimum absolute atomic E-state index is 0.0941. The molecule has 2 unspecified atom stereocenters. The van der Waals surface area contributed by atoms with Gasteiger partial charge in [0.25, 0.3) is 0 Å². The summed E-state index contributed by atoms with van der Waals surface area (Å²) in [5, 5.41) is 24.3. The highest BCUT2D eigenvalue weighted by Crippen LogP contribution is 2.11. The van der Waals surface area contributed by atoms with Gasteiger partial charge < -0.3 is 31.5 Å². The van der Waals surface area contributed by atoms with Crippen LogP contribution in [0.25, 0.3) is 0 Å². The fourth-order valence-corrected chi connectivity index (χ4v) is 4.20. The normalized spacial score (nSPS) is 14.2. The molecule has 0 aliphatic heterocycles. The van der Waals surface area contributed by atoms with Crippen LogP contribution in [0, 0.1) is 0 Å². The van der Waals surface area contributed by atoms with Crippen LogP contribution in [-0.2, 0) is 38.0 Å². The number of hydrogen-bond acceptors (Lipinski definition) is 7. The average Bonchev–Trinajstić information content (AvgIpc) is 2.89. The Balaban J connectivity index is 1.96. The van der Waals surface area contributed by atoms with Crippen LogP contribution in [0.1, 0.15) is 17.5 Å². The largest absolute Gasteiger partial charge is 0.508 e. The number of phenolic OH excluding ortho intramolecular Hbond substituents is 1. The number of likely N-dealkylation sites (N-methyl/N-ethyl adjacent to an activating group) is 1. The molecule has 0 heterocycles. The predicted octanol–water partition coefficient (Wildman–Crippen LogP) is -0.306. The van der Waals surface area contributed by atoms with Crippen molar-refractivity contribution in [1.82, 2.24) is 15.5 Å². The summed E-state index contributed by atoms with van der Waals surface area (Å²) in [6, 6.07) is 13.2. The lowest BCUT2D eigenvalue weighted by atomic mass is 10.0. The van der Waals surface area contributed by atoms with Gasteiger partial charge in [0.15, 0.2) is 0 Å². The second kappa shape index (κ2) is 15.1. The highest BCUT2D eigenvalue weighted by molar-refractivity contribution is 7.84. The van der Waals surface area contributed by atoms with E-state index in [4.69, 9.17) is 5.73 Å². The first-order valence-corrected chi connectivity index (χ1v) is 13.7. The van der Waals surface area contributed by atoms with Crippen LogP contribution in [0.2, 0.25) is 0 Å². The lowest BCUT2D eigenvalue weighted by molar-refractivity contribution is -0.135. The number of nitrogens with two attached hydrogens (primary N) is 1. The van der Waals surface area contributed by atoms with Gasteiger partial charge in [0.2, 0.25) is 17.7 Å². The maximum Gasteiger partial charge on any atom is 0.243 e. The molecule has 2 rings (SSSR count). The van der Waals surface area contributed by atoms with Gasteiger partial charge in [-0.1, -0.05) is 42.5 Å². The number of benzene rings is 2. The fourth-order valence-electron chi connectivity index (χ4n) is 3.63. The molecule has 2 aromatic carbocycles. The van der Waals surface area contributed by atoms with E-state index in [2.05, 4.69) is 10.6 Å². The van der Waals surface area contributed by atoms with Crippen molar-refractivity contribution in [2.24, 2.45) is 5.73 Å². The molecule has 0 radical (unpaired) electrons. The van der Waals surface area contributed by atoms with Gasteiger partial charge in [0.05, 0.1) is 25.2 Å². The number of hydrogen-bond donors (Lipinski definition) is 5. The molecule has 0 saturated carbocycles. The van der Waals surface area contributed by atoms with Crippen LogP contribution in [0.15, 0.2) is 54.6 Å². The van der Waals surface area contributed by atoms with Gasteiger partial charge in [-0.05, 0) is 42.5 Å². The molecule has 2 aromatic rings. The van der Waals surface area contributed by atoms with E-state index in [-0.39, 0.29) is 37.5 Å². The van der Waals surface area contributed by atoms with Crippen LogP contribution in [-0.4, -0.2) is 87.4 Å². The van der Waals surface area contributed by atoms with Crippen molar-refractivity contribution in [3.63, 3.8) is 0 Å². The second-order valence-corrected chi connectivity index (χ2v) is 10.4. The Kier molecular flexibility index (Phi) is 12.2. The van der Waals surface area contributed by atoms with Gasteiger partial charge in [0.1, 0.15) is 11.8 Å². The Bertz CT molecular complexity index is 1050. The van der Waals surface area contributed by atoms with Gasteiger partial charge in [0, 0.05) is 29.9 Å². The molecule has 4 atom stereocenters. The number of nitrogens with zero attached hydrogens (tertiary/aromatic N) is 1. The summed E-state index contributed by atoms with van der Waals surface area (Å²) in [4.78, 5) is 39.6. The predicted molar refractivity (Wildman–Crippen MR) is 142 cm³/mol. The molecule has 0 spiro atoms. The lowest BCUT2D eigenvalue weighted by Gasteiger charge is -2.27. The summed E-state index contributed by atoms with van der Waals surface area (Å²) in [5.74, 6) is -1.31. The van der Waals surface area contributed by atoms with Crippen molar-refractivity contribution in [1.29, 1.82) is 0 Å². The molecule has 0 fully saturated rings. The number of aromatic hydroxyl groups is 1. The summed E-state index contributed by atoms with van der Waals surface area (Å²) in [6.07, 6.45) is 2.23. The molecule has 0 saturated heterocycles. The zero-order valence-corrected chi connectivity index (χ0v) is 21.9. The van der Waals surface area contributed by atoms with Gasteiger partial charge in [-0.2, -0.15) is 0 Å². The molecule has 0 aliphatic rings. The minimum atomic E-state index is -1.20. The Morgan fingerprint density at radius 3 is 2.22 bits per heavy atom. The van der Waals surface area contributed by atoms with Crippen molar-refractivity contribution in [2.75, 3.05) is 32.2 Å². The SMILES string of the molecule is CN(C(=O)CNC(=O)[C@H](CCS(C)=O)NC(=O)[C@@H](N)Cc1ccc(O)cc1)C(CO)Cc1ccccc1. The lowest BCUT2D eigenvalue weighted by Crippen LogP contribution is -2.54. The van der Waals surface area contributed by atoms with Crippen LogP contribution >= 0.6 is 0 Å². The van der Waals surface area contributed by atoms with Crippen molar-refractivity contribution in [3.05, 3.63) is 65.7 Å². The van der Waals surface area contributed by atoms with Crippen LogP contribution in [0.3, 0.4) is 0 Å². The Labute approximate surface area is 219 Å². The van der Waals surface area contributed by atoms with Gasteiger partial charge in [-0.3, -0.25) is 18.6 Å². The van der Waals surface area contributed by atoms with E-state index < -0.39 is 46.6 Å². The standard InChI is InChI=1S/C26H36N4O6S/c1-30(20(17-31)14-18-6-4-3-5-7-18)24(33)16-28-26(35)23(12-13-37(2)36)29-25(34)22(27)15-19-8-10-21(32)11-9-19/h3-11,20,22-23,31-32H,12-17,27H2,1-2H3,(H,28,35)(H,29,34)/t20?,22-,23-,37?/m0/s1. The maximum absolute atomic E-state index is 12.9. The Morgan fingerprint density at radius 1 is 1.00 bits per heavy atom. The first-order chi connectivity index (χ1) is 17.6. The van der Waals surface area contributed by atoms with E-state index in [0.717, 1.165) is 11.1 Å². The molecule has 0 aliphatic carbocycles. The number of phenols is 1. The zero-order chi connectivity index (χ0) is 27.4. The van der Waals surface area contributed by atoms with Crippen LogP contribution in [0.4, 0.5) is 0 Å². The third-order valence-corrected chi connectivity index (χ3v) is 6.75. The Hall–Kier alpha value is -3.28. The second-order valence-electron chi connectivity index (χ2n) is 8.85. The van der Waals surface area contributed by atoms with Crippen LogP contribution < -0.4 is 16.4 Å². The third-order valence-electron chi connectivity index (χ3n) is 5.94. The Morgan fingerprint density at radius 2 is 1.62 bits per heavy atom. The summed E-state index contributed by atoms with van der Waals surface area (Å²) in [5.41, 5.74) is 7.71. The summed E-state index contributed by atoms with van der Waals surface area (Å²) >= 11 is 0. The first-order valence-electron chi connectivity index (χ1n) is 11.9. The van der Waals surface area contributed by atoms with E-state index in [1.807, 2.05) is 30.3 Å². The molecule has 3 amide bonds. The van der Waals surface area contributed by atoms with E-state index in [0.29, 0.717) is 6.42 Å². The number of rotatable bonds is 14. The molecule has 11 heteroatoms. The van der Waals surface area contributed by atoms with Crippen molar-refractivity contribution < 1.29 is 28.8 Å². The monoisotopic (exact) mass is 532 g/mol. The highest BCUT2D eigenvalue weighted by Gasteiger charge is 2.26. The van der Waals surface area contributed by atoms with Crippen molar-refractivity contribution >= 4 is 28.5 Å². The summed E-state index contributed by atoms with van der Waals surface area (Å²) in [6.45, 7) is -0.577. The first kappa shape index (κ1) is 29.9. The van der Waals surface area contributed by atoms with E-state index in [9.17, 15) is 28.8 Å². The van der Waals surface area contributed by atoms with Gasteiger partial charge >= 0.3 is 0 Å². The quantitative estimate of drug-likeness (QED) is 0.223. The zero-order valence-electron chi connectivity index (χ0n) is 21.1. The minimum Gasteiger partial charge on any atom is -0.508 e. The number of carbonyl (C=O) groups excluding carboxylic acids is 3. The molecule has 10 nitrogen and oxygen atoms in total. The molecule has 0 bridgehead atoms. The number of aliphatic hydroxyl groups is 1. The number of amides is 3. The molecule has 6 N–H and O–H groups in total. The van der Waals surface area contributed by atoms with Gasteiger partial charge in [-0.25, -0.2) is 0 Å². The smallest absolute Gasteiger partial charge is 0.243 e. The van der Waals surface area contributed by atoms with Crippen molar-refractivity contribution in [2.45, 2.75) is 37.4 Å². The van der Waals surface area contributed by atoms with Gasteiger partial charge in [-0.15, -0.1) is 0 Å². The van der Waals surface area contributed by atoms with E-state index in [1.54, 1.807) is 19.2 Å².